The summed E-state index contributed by atoms with van der Waals surface area (Å²) in [5.74, 6) is -0.461. The minimum Gasteiger partial charge on any atom is -0.300 e. The highest BCUT2D eigenvalue weighted by Gasteiger charge is 2.51. The summed E-state index contributed by atoms with van der Waals surface area (Å²) in [5.41, 5.74) is -1.82. The Hall–Kier alpha value is -2.31. The van der Waals surface area contributed by atoms with Crippen molar-refractivity contribution in [1.29, 1.82) is 0 Å². The Morgan fingerprint density at radius 1 is 1.22 bits per heavy atom. The van der Waals surface area contributed by atoms with E-state index in [4.69, 9.17) is 0 Å². The fourth-order valence-electron chi connectivity index (χ4n) is 1.85. The number of ketones is 1. The van der Waals surface area contributed by atoms with Gasteiger partial charge in [0.2, 0.25) is 0 Å². The van der Waals surface area contributed by atoms with Crippen LogP contribution >= 0.6 is 0 Å². The van der Waals surface area contributed by atoms with Crippen LogP contribution in [0.25, 0.3) is 0 Å². The lowest BCUT2D eigenvalue weighted by Crippen LogP contribution is -2.43. The smallest absolute Gasteiger partial charge is 0.300 e. The first-order valence-electron chi connectivity index (χ1n) is 5.20. The van der Waals surface area contributed by atoms with Crippen molar-refractivity contribution in [3.63, 3.8) is 0 Å². The first-order valence-corrected chi connectivity index (χ1v) is 5.20. The maximum atomic E-state index is 11.2. The maximum absolute atomic E-state index is 11.2. The van der Waals surface area contributed by atoms with Gasteiger partial charge in [-0.05, 0) is 6.92 Å². The summed E-state index contributed by atoms with van der Waals surface area (Å²) in [6.07, 6.45) is -0.495. The molecule has 0 aromatic heterocycles. The van der Waals surface area contributed by atoms with Crippen LogP contribution in [0.15, 0.2) is 30.3 Å². The number of nitrogens with zero attached hydrogens (tertiary/aromatic N) is 2. The fourth-order valence-corrected chi connectivity index (χ4v) is 1.85. The minimum absolute atomic E-state index is 0.168. The molecule has 1 atom stereocenters. The van der Waals surface area contributed by atoms with E-state index in [2.05, 4.69) is 0 Å². The number of hydrogen-bond acceptors (Lipinski definition) is 5. The molecule has 0 N–H and O–H groups in total. The molecule has 0 aliphatic heterocycles. The number of rotatable bonds is 6. The van der Waals surface area contributed by atoms with Crippen molar-refractivity contribution in [1.82, 2.24) is 0 Å². The molecule has 1 rings (SSSR count). The number of hydrogen-bond donors (Lipinski definition) is 0. The largest absolute Gasteiger partial charge is 0.316 e. The molecular formula is C11H12N2O5. The van der Waals surface area contributed by atoms with Gasteiger partial charge in [-0.1, -0.05) is 30.3 Å². The summed E-state index contributed by atoms with van der Waals surface area (Å²) in [7, 11) is 0. The summed E-state index contributed by atoms with van der Waals surface area (Å²) in [4.78, 5) is 31.6. The van der Waals surface area contributed by atoms with Gasteiger partial charge in [0.15, 0.2) is 0 Å². The molecule has 1 aromatic carbocycles. The molecule has 0 heterocycles. The Morgan fingerprint density at radius 3 is 2.17 bits per heavy atom. The second-order valence-electron chi connectivity index (χ2n) is 4.02. The van der Waals surface area contributed by atoms with Crippen molar-refractivity contribution >= 4 is 5.78 Å². The van der Waals surface area contributed by atoms with Crippen LogP contribution in [0.4, 0.5) is 0 Å². The molecule has 0 saturated carbocycles. The van der Waals surface area contributed by atoms with Crippen molar-refractivity contribution in [2.75, 3.05) is 6.54 Å². The van der Waals surface area contributed by atoms with Crippen LogP contribution in [-0.2, 0) is 10.3 Å². The van der Waals surface area contributed by atoms with Crippen LogP contribution in [0.3, 0.4) is 0 Å². The highest BCUT2D eigenvalue weighted by Crippen LogP contribution is 2.29. The molecule has 0 radical (unpaired) electrons. The number of Topliss-reactive ketones (excluding diaryl/α,β-unsaturated/α-hetero) is 1. The maximum Gasteiger partial charge on any atom is 0.316 e. The number of carbonyl (C=O) groups is 1. The molecule has 0 unspecified atom stereocenters. The summed E-state index contributed by atoms with van der Waals surface area (Å²) in [6, 6.07) is 7.60. The van der Waals surface area contributed by atoms with Crippen molar-refractivity contribution in [2.45, 2.75) is 18.9 Å². The highest BCUT2D eigenvalue weighted by molar-refractivity contribution is 5.76. The van der Waals surface area contributed by atoms with Gasteiger partial charge >= 0.3 is 5.54 Å². The van der Waals surface area contributed by atoms with Gasteiger partial charge in [-0.25, -0.2) is 0 Å². The first kappa shape index (κ1) is 13.8. The fraction of sp³-hybridized carbons (Fsp3) is 0.364. The average Bonchev–Trinajstić information content (AvgIpc) is 2.27. The lowest BCUT2D eigenvalue weighted by atomic mass is 9.86. The van der Waals surface area contributed by atoms with Gasteiger partial charge in [-0.2, -0.15) is 0 Å². The van der Waals surface area contributed by atoms with Crippen LogP contribution in [0.2, 0.25) is 0 Å². The zero-order valence-electron chi connectivity index (χ0n) is 9.74. The summed E-state index contributed by atoms with van der Waals surface area (Å²) in [6.45, 7) is 0.269. The molecule has 7 heteroatoms. The highest BCUT2D eigenvalue weighted by atomic mass is 16.6. The van der Waals surface area contributed by atoms with Crippen molar-refractivity contribution in [3.05, 3.63) is 56.1 Å². The van der Waals surface area contributed by atoms with Crippen LogP contribution in [0, 0.1) is 20.2 Å². The first-order chi connectivity index (χ1) is 8.38. The number of nitro groups is 2. The van der Waals surface area contributed by atoms with Gasteiger partial charge in [0.1, 0.15) is 5.78 Å². The second-order valence-corrected chi connectivity index (χ2v) is 4.02. The normalized spacial score (nSPS) is 13.6. The van der Waals surface area contributed by atoms with E-state index in [9.17, 15) is 25.0 Å². The lowest BCUT2D eigenvalue weighted by molar-refractivity contribution is -0.634. The van der Waals surface area contributed by atoms with E-state index < -0.39 is 34.1 Å². The summed E-state index contributed by atoms with van der Waals surface area (Å²) in [5, 5.41) is 21.9. The topological polar surface area (TPSA) is 103 Å². The molecule has 0 amide bonds. The molecule has 96 valence electrons. The quantitative estimate of drug-likeness (QED) is 0.562. The average molecular weight is 252 g/mol. The van der Waals surface area contributed by atoms with E-state index in [1.165, 1.54) is 19.1 Å². The van der Waals surface area contributed by atoms with Crippen molar-refractivity contribution < 1.29 is 14.6 Å². The third kappa shape index (κ3) is 2.88. The molecule has 0 spiro atoms. The predicted octanol–water partition coefficient (Wildman–Crippen LogP) is 1.41. The third-order valence-electron chi connectivity index (χ3n) is 2.59. The van der Waals surface area contributed by atoms with Gasteiger partial charge in [-0.3, -0.25) is 25.0 Å². The van der Waals surface area contributed by atoms with E-state index in [1.807, 2.05) is 0 Å². The molecule has 1 aromatic rings. The molecular weight excluding hydrogens is 240 g/mol. The molecule has 0 fully saturated rings. The predicted molar refractivity (Wildman–Crippen MR) is 62.3 cm³/mol. The van der Waals surface area contributed by atoms with E-state index >= 15 is 0 Å². The van der Waals surface area contributed by atoms with Crippen LogP contribution in [0.5, 0.6) is 0 Å². The van der Waals surface area contributed by atoms with E-state index in [0.717, 1.165) is 0 Å². The molecule has 18 heavy (non-hydrogen) atoms. The Morgan fingerprint density at radius 2 is 1.78 bits per heavy atom. The number of benzene rings is 1. The van der Waals surface area contributed by atoms with Gasteiger partial charge in [0.05, 0.1) is 6.42 Å². The Bertz CT molecular complexity index is 456. The van der Waals surface area contributed by atoms with Crippen LogP contribution in [0.1, 0.15) is 18.9 Å². The lowest BCUT2D eigenvalue weighted by Gasteiger charge is -2.20. The van der Waals surface area contributed by atoms with E-state index in [-0.39, 0.29) is 5.56 Å². The molecule has 7 nitrogen and oxygen atoms in total. The van der Waals surface area contributed by atoms with E-state index in [1.54, 1.807) is 18.2 Å². The standard InChI is InChI=1S/C11H12N2O5/c1-9(14)7-11(13(17)18,8-12(15)16)10-5-3-2-4-6-10/h2-6H,7-8H2,1H3/t11-/m0/s1. The Kier molecular flexibility index (Phi) is 4.09. The van der Waals surface area contributed by atoms with Crippen LogP contribution < -0.4 is 0 Å². The molecule has 0 saturated heterocycles. The third-order valence-corrected chi connectivity index (χ3v) is 2.59. The van der Waals surface area contributed by atoms with E-state index in [0.29, 0.717) is 0 Å². The van der Waals surface area contributed by atoms with Gasteiger partial charge in [-0.15, -0.1) is 0 Å². The zero-order chi connectivity index (χ0) is 13.8. The van der Waals surface area contributed by atoms with Crippen molar-refractivity contribution in [3.8, 4) is 0 Å². The second kappa shape index (κ2) is 5.35. The van der Waals surface area contributed by atoms with Gasteiger partial charge < -0.3 is 0 Å². The Balaban J connectivity index is 3.33. The molecule has 0 aliphatic carbocycles. The summed E-state index contributed by atoms with van der Waals surface area (Å²) >= 11 is 0. The summed E-state index contributed by atoms with van der Waals surface area (Å²) < 4.78 is 0. The zero-order valence-corrected chi connectivity index (χ0v) is 9.74. The minimum atomic E-state index is -1.99. The number of carbonyl (C=O) groups excluding carboxylic acids is 1. The van der Waals surface area contributed by atoms with Crippen molar-refractivity contribution in [2.24, 2.45) is 0 Å². The van der Waals surface area contributed by atoms with Gasteiger partial charge in [0, 0.05) is 15.4 Å². The monoisotopic (exact) mass is 252 g/mol. The van der Waals surface area contributed by atoms with Crippen LogP contribution in [-0.4, -0.2) is 22.2 Å². The SMILES string of the molecule is CC(=O)C[C@](C[N+](=O)[O-])(c1ccccc1)[N+](=O)[O-]. The molecule has 0 aliphatic rings. The Labute approximate surface area is 103 Å². The van der Waals surface area contributed by atoms with Gasteiger partial charge in [0.25, 0.3) is 6.54 Å². The molecule has 0 bridgehead atoms.